The van der Waals surface area contributed by atoms with E-state index in [1.165, 1.54) is 48.1 Å². The van der Waals surface area contributed by atoms with Gasteiger partial charge in [-0.05, 0) is 92.9 Å². The number of rotatable bonds is 5. The highest BCUT2D eigenvalue weighted by atomic mass is 19.1. The molecule has 0 aromatic heterocycles. The summed E-state index contributed by atoms with van der Waals surface area (Å²) in [4.78, 5) is 15.2. The molecule has 2 aliphatic rings. The minimum absolute atomic E-state index is 0.0481. The van der Waals surface area contributed by atoms with Crippen molar-refractivity contribution in [2.24, 2.45) is 5.92 Å². The van der Waals surface area contributed by atoms with Crippen LogP contribution in [-0.4, -0.2) is 23.9 Å². The van der Waals surface area contributed by atoms with Crippen LogP contribution in [0, 0.1) is 11.7 Å². The van der Waals surface area contributed by atoms with Crippen LogP contribution >= 0.6 is 0 Å². The van der Waals surface area contributed by atoms with Gasteiger partial charge in [0.1, 0.15) is 5.82 Å². The molecule has 1 atom stereocenters. The van der Waals surface area contributed by atoms with Crippen LogP contribution in [0.15, 0.2) is 42.5 Å². The molecule has 1 unspecified atom stereocenters. The third-order valence-corrected chi connectivity index (χ3v) is 6.51. The molecular formula is C25H31FN2O. The zero-order valence-corrected chi connectivity index (χ0v) is 17.3. The number of hydrogen-bond acceptors (Lipinski definition) is 2. The molecular weight excluding hydrogens is 363 g/mol. The van der Waals surface area contributed by atoms with E-state index in [0.29, 0.717) is 0 Å². The maximum absolute atomic E-state index is 13.1. The van der Waals surface area contributed by atoms with Crippen LogP contribution in [0.4, 0.5) is 4.39 Å². The number of benzene rings is 2. The van der Waals surface area contributed by atoms with Gasteiger partial charge in [-0.1, -0.05) is 30.3 Å². The molecule has 0 radical (unpaired) electrons. The van der Waals surface area contributed by atoms with Crippen molar-refractivity contribution < 1.29 is 9.18 Å². The quantitative estimate of drug-likeness (QED) is 0.790. The van der Waals surface area contributed by atoms with Gasteiger partial charge in [0.05, 0.1) is 6.04 Å². The Morgan fingerprint density at radius 2 is 1.76 bits per heavy atom. The summed E-state index contributed by atoms with van der Waals surface area (Å²) < 4.78 is 13.1. The summed E-state index contributed by atoms with van der Waals surface area (Å²) in [5, 5.41) is 3.24. The van der Waals surface area contributed by atoms with E-state index in [1.54, 1.807) is 0 Å². The summed E-state index contributed by atoms with van der Waals surface area (Å²) in [6, 6.07) is 13.5. The van der Waals surface area contributed by atoms with Crippen LogP contribution in [0.3, 0.4) is 0 Å². The lowest BCUT2D eigenvalue weighted by Crippen LogP contribution is -2.40. The topological polar surface area (TPSA) is 32.3 Å². The second-order valence-corrected chi connectivity index (χ2v) is 8.64. The monoisotopic (exact) mass is 394 g/mol. The molecule has 29 heavy (non-hydrogen) atoms. The Bertz CT molecular complexity index is 840. The van der Waals surface area contributed by atoms with Crippen molar-refractivity contribution in [3.8, 4) is 0 Å². The van der Waals surface area contributed by atoms with E-state index in [4.69, 9.17) is 0 Å². The smallest absolute Gasteiger partial charge is 0.223 e. The summed E-state index contributed by atoms with van der Waals surface area (Å²) in [5.74, 6) is 0.0633. The zero-order valence-electron chi connectivity index (χ0n) is 17.3. The molecule has 154 valence electrons. The molecule has 3 nitrogen and oxygen atoms in total. The van der Waals surface area contributed by atoms with Crippen LogP contribution in [-0.2, 0) is 24.2 Å². The Balaban J connectivity index is 1.27. The maximum atomic E-state index is 13.1. The molecule has 1 aliphatic heterocycles. The van der Waals surface area contributed by atoms with Gasteiger partial charge in [-0.2, -0.15) is 0 Å². The molecule has 1 fully saturated rings. The van der Waals surface area contributed by atoms with Crippen molar-refractivity contribution in [3.63, 3.8) is 0 Å². The lowest BCUT2D eigenvalue weighted by Gasteiger charge is -2.32. The molecule has 4 heteroatoms. The predicted octanol–water partition coefficient (Wildman–Crippen LogP) is 4.79. The second kappa shape index (κ2) is 9.08. The minimum Gasteiger partial charge on any atom is -0.349 e. The zero-order chi connectivity index (χ0) is 20.2. The van der Waals surface area contributed by atoms with E-state index in [2.05, 4.69) is 35.3 Å². The van der Waals surface area contributed by atoms with Crippen molar-refractivity contribution in [3.05, 3.63) is 70.5 Å². The van der Waals surface area contributed by atoms with E-state index in [9.17, 15) is 9.18 Å². The van der Waals surface area contributed by atoms with E-state index >= 15 is 0 Å². The largest absolute Gasteiger partial charge is 0.349 e. The average Bonchev–Trinajstić information content (AvgIpc) is 2.75. The number of carbonyl (C=O) groups is 1. The lowest BCUT2D eigenvalue weighted by molar-refractivity contribution is -0.127. The van der Waals surface area contributed by atoms with Gasteiger partial charge in [0.25, 0.3) is 0 Å². The van der Waals surface area contributed by atoms with E-state index in [0.717, 1.165) is 44.5 Å². The Morgan fingerprint density at radius 3 is 2.48 bits per heavy atom. The number of nitrogens with one attached hydrogen (secondary N) is 1. The molecule has 1 aliphatic carbocycles. The van der Waals surface area contributed by atoms with E-state index in [-0.39, 0.29) is 23.7 Å². The molecule has 2 aromatic carbocycles. The van der Waals surface area contributed by atoms with Crippen molar-refractivity contribution in [2.45, 2.75) is 58.0 Å². The Hall–Kier alpha value is -2.20. The minimum atomic E-state index is -0.197. The third kappa shape index (κ3) is 5.05. The fourth-order valence-corrected chi connectivity index (χ4v) is 4.64. The lowest BCUT2D eigenvalue weighted by atomic mass is 9.89. The van der Waals surface area contributed by atoms with Gasteiger partial charge in [0, 0.05) is 12.5 Å². The molecule has 0 saturated carbocycles. The predicted molar refractivity (Wildman–Crippen MR) is 114 cm³/mol. The number of piperidine rings is 1. The molecule has 0 bridgehead atoms. The van der Waals surface area contributed by atoms with Gasteiger partial charge < -0.3 is 5.32 Å². The average molecular weight is 395 g/mol. The van der Waals surface area contributed by atoms with Gasteiger partial charge >= 0.3 is 0 Å². The highest BCUT2D eigenvalue weighted by Crippen LogP contribution is 2.26. The first-order valence-electron chi connectivity index (χ1n) is 11.0. The van der Waals surface area contributed by atoms with Crippen LogP contribution in [0.2, 0.25) is 0 Å². The number of halogens is 1. The highest BCUT2D eigenvalue weighted by Gasteiger charge is 2.26. The van der Waals surface area contributed by atoms with Gasteiger partial charge in [0.15, 0.2) is 0 Å². The fourth-order valence-electron chi connectivity index (χ4n) is 4.64. The SMILES string of the molecule is CC(NC(=O)C1CCN(Cc2ccc(F)cc2)CC1)c1ccc2c(c1)CCCC2. The Morgan fingerprint density at radius 1 is 1.07 bits per heavy atom. The highest BCUT2D eigenvalue weighted by molar-refractivity contribution is 5.79. The Labute approximate surface area is 173 Å². The molecule has 4 rings (SSSR count). The summed E-state index contributed by atoms with van der Waals surface area (Å²) in [7, 11) is 0. The van der Waals surface area contributed by atoms with Crippen molar-refractivity contribution in [1.82, 2.24) is 10.2 Å². The van der Waals surface area contributed by atoms with E-state index in [1.807, 2.05) is 12.1 Å². The second-order valence-electron chi connectivity index (χ2n) is 8.64. The first-order valence-corrected chi connectivity index (χ1v) is 11.0. The van der Waals surface area contributed by atoms with Gasteiger partial charge in [-0.15, -0.1) is 0 Å². The number of likely N-dealkylation sites (tertiary alicyclic amines) is 1. The summed E-state index contributed by atoms with van der Waals surface area (Å²) in [5.41, 5.74) is 5.28. The molecule has 1 heterocycles. The third-order valence-electron chi connectivity index (χ3n) is 6.51. The van der Waals surface area contributed by atoms with Gasteiger partial charge in [-0.3, -0.25) is 9.69 Å². The number of hydrogen-bond donors (Lipinski definition) is 1. The van der Waals surface area contributed by atoms with Crippen LogP contribution in [0.1, 0.15) is 60.9 Å². The van der Waals surface area contributed by atoms with Crippen molar-refractivity contribution >= 4 is 5.91 Å². The van der Waals surface area contributed by atoms with Crippen LogP contribution < -0.4 is 5.32 Å². The first-order chi connectivity index (χ1) is 14.1. The molecule has 1 N–H and O–H groups in total. The van der Waals surface area contributed by atoms with E-state index < -0.39 is 0 Å². The number of fused-ring (bicyclic) bond motifs is 1. The van der Waals surface area contributed by atoms with Crippen LogP contribution in [0.5, 0.6) is 0 Å². The standard InChI is InChI=1S/C25H31FN2O/c1-18(22-9-8-20-4-2-3-5-23(20)16-22)27-25(29)21-12-14-28(15-13-21)17-19-6-10-24(26)11-7-19/h6-11,16,18,21H,2-5,12-15,17H2,1H3,(H,27,29). The number of carbonyl (C=O) groups excluding carboxylic acids is 1. The number of amides is 1. The maximum Gasteiger partial charge on any atom is 0.223 e. The number of aryl methyl sites for hydroxylation is 2. The van der Waals surface area contributed by atoms with Crippen molar-refractivity contribution in [1.29, 1.82) is 0 Å². The molecule has 0 spiro atoms. The Kier molecular flexibility index (Phi) is 6.29. The van der Waals surface area contributed by atoms with Gasteiger partial charge in [0.2, 0.25) is 5.91 Å². The fraction of sp³-hybridized carbons (Fsp3) is 0.480. The first kappa shape index (κ1) is 20.1. The normalized spacial score (nSPS) is 18.8. The number of nitrogens with zero attached hydrogens (tertiary/aromatic N) is 1. The summed E-state index contributed by atoms with van der Waals surface area (Å²) in [6.07, 6.45) is 6.67. The van der Waals surface area contributed by atoms with Crippen molar-refractivity contribution in [2.75, 3.05) is 13.1 Å². The molecule has 1 saturated heterocycles. The molecule has 2 aromatic rings. The van der Waals surface area contributed by atoms with Crippen LogP contribution in [0.25, 0.3) is 0 Å². The van der Waals surface area contributed by atoms with Gasteiger partial charge in [-0.25, -0.2) is 4.39 Å². The summed E-state index contributed by atoms with van der Waals surface area (Å²) in [6.45, 7) is 4.72. The summed E-state index contributed by atoms with van der Waals surface area (Å²) >= 11 is 0. The molecule has 1 amide bonds.